The molecule has 2 rings (SSSR count). The van der Waals surface area contributed by atoms with Gasteiger partial charge in [-0.15, -0.1) is 0 Å². The Balaban J connectivity index is -0.000000534. The van der Waals surface area contributed by atoms with Gasteiger partial charge in [0.1, 0.15) is 6.29 Å². The molecule has 3 atom stereocenters. The molecule has 2 aliphatic rings. The van der Waals surface area contributed by atoms with Crippen molar-refractivity contribution in [1.29, 1.82) is 5.26 Å². The molecule has 44 heavy (non-hydrogen) atoms. The number of rotatable bonds is 11. The van der Waals surface area contributed by atoms with E-state index < -0.39 is 23.6 Å². The third-order valence-electron chi connectivity index (χ3n) is 6.68. The summed E-state index contributed by atoms with van der Waals surface area (Å²) in [5.74, 6) is -0.136. The van der Waals surface area contributed by atoms with Crippen LogP contribution in [0.25, 0.3) is 0 Å². The fourth-order valence-electron chi connectivity index (χ4n) is 4.38. The molecule has 0 radical (unpaired) electrons. The van der Waals surface area contributed by atoms with Crippen LogP contribution in [-0.4, -0.2) is 74.4 Å². The lowest BCUT2D eigenvalue weighted by atomic mass is 9.92. The summed E-state index contributed by atoms with van der Waals surface area (Å²) >= 11 is 0. The molecule has 256 valence electrons. The van der Waals surface area contributed by atoms with Crippen LogP contribution in [0.15, 0.2) is 12.2 Å². The topological polar surface area (TPSA) is 131 Å². The van der Waals surface area contributed by atoms with Crippen molar-refractivity contribution in [3.8, 4) is 6.57 Å². The first-order valence-electron chi connectivity index (χ1n) is 15.6. The van der Waals surface area contributed by atoms with Gasteiger partial charge in [0.2, 0.25) is 17.7 Å². The van der Waals surface area contributed by atoms with E-state index in [2.05, 4.69) is 47.8 Å². The van der Waals surface area contributed by atoms with Crippen molar-refractivity contribution in [2.75, 3.05) is 27.2 Å². The molecule has 0 aromatic carbocycles. The number of aldehydes is 1. The summed E-state index contributed by atoms with van der Waals surface area (Å²) in [6.07, 6.45) is 6.57. The fraction of sp³-hybridized carbons (Fsp3) is 0.781. The zero-order valence-electron chi connectivity index (χ0n) is 28.0. The van der Waals surface area contributed by atoms with Crippen LogP contribution in [0.2, 0.25) is 0 Å². The molecule has 0 aromatic heterocycles. The maximum absolute atomic E-state index is 11.9. The van der Waals surface area contributed by atoms with Crippen LogP contribution in [0, 0.1) is 23.7 Å². The number of hydrogen-bond acceptors (Lipinski definition) is 6. The number of alkyl halides is 3. The van der Waals surface area contributed by atoms with E-state index in [1.807, 2.05) is 20.9 Å². The third-order valence-corrected chi connectivity index (χ3v) is 6.68. The zero-order chi connectivity index (χ0) is 34.7. The lowest BCUT2D eigenvalue weighted by Crippen LogP contribution is -2.43. The number of halogens is 3. The highest BCUT2D eigenvalue weighted by Gasteiger charge is 2.33. The monoisotopic (exact) mass is 633 g/mol. The van der Waals surface area contributed by atoms with Gasteiger partial charge in [0, 0.05) is 50.5 Å². The van der Waals surface area contributed by atoms with Crippen molar-refractivity contribution < 1.29 is 32.3 Å². The van der Waals surface area contributed by atoms with Gasteiger partial charge in [-0.25, -0.2) is 5.26 Å². The van der Waals surface area contributed by atoms with Crippen molar-refractivity contribution in [1.82, 2.24) is 20.9 Å². The number of likely N-dealkylation sites (tertiary alicyclic amines) is 1. The number of nitrogens with one attached hydrogen (secondary N) is 3. The van der Waals surface area contributed by atoms with Crippen LogP contribution in [-0.2, 0) is 19.2 Å². The summed E-state index contributed by atoms with van der Waals surface area (Å²) in [5, 5.41) is 14.5. The molecule has 0 aliphatic carbocycles. The molecule has 0 bridgehead atoms. The highest BCUT2D eigenvalue weighted by Crippen LogP contribution is 2.28. The average molecular weight is 634 g/mol. The second kappa shape index (κ2) is 27.6. The van der Waals surface area contributed by atoms with Crippen LogP contribution in [0.1, 0.15) is 105 Å². The highest BCUT2D eigenvalue weighted by molar-refractivity contribution is 5.82. The molecule has 2 saturated heterocycles. The van der Waals surface area contributed by atoms with E-state index >= 15 is 0 Å². The van der Waals surface area contributed by atoms with E-state index in [1.54, 1.807) is 0 Å². The van der Waals surface area contributed by atoms with Crippen LogP contribution >= 0.6 is 0 Å². The Bertz CT molecular complexity index is 834. The van der Waals surface area contributed by atoms with Gasteiger partial charge in [0.15, 0.2) is 0 Å². The molecular weight excluding hydrogens is 575 g/mol. The Morgan fingerprint density at radius 3 is 2.18 bits per heavy atom. The molecule has 3 amide bonds. The molecule has 0 aromatic rings. The van der Waals surface area contributed by atoms with Crippen LogP contribution in [0.5, 0.6) is 0 Å². The molecule has 2 fully saturated rings. The number of carbonyl (C=O) groups is 4. The normalized spacial score (nSPS) is 18.2. The van der Waals surface area contributed by atoms with Crippen molar-refractivity contribution in [2.24, 2.45) is 11.8 Å². The van der Waals surface area contributed by atoms with E-state index in [0.29, 0.717) is 18.8 Å². The SMILES string of the molecule is C#N.C=C(CC(C)C(=O)NC)C(F)(F)F.CC(C)NC(=O)C1CCCN1C.CCC.O=CCCCCC[C@H]1CCNC(=O)C1. The van der Waals surface area contributed by atoms with Gasteiger partial charge in [-0.3, -0.25) is 19.3 Å². The number of amides is 3. The Kier molecular flexibility index (Phi) is 28.5. The third kappa shape index (κ3) is 24.5. The first-order chi connectivity index (χ1) is 20.6. The van der Waals surface area contributed by atoms with Crippen molar-refractivity contribution in [2.45, 2.75) is 124 Å². The van der Waals surface area contributed by atoms with E-state index in [1.165, 1.54) is 20.4 Å². The maximum atomic E-state index is 11.9. The van der Waals surface area contributed by atoms with E-state index in [-0.39, 0.29) is 30.3 Å². The first kappa shape index (κ1) is 45.5. The molecule has 3 N–H and O–H groups in total. The lowest BCUT2D eigenvalue weighted by Gasteiger charge is -2.21. The minimum absolute atomic E-state index is 0.118. The second-order valence-corrected chi connectivity index (χ2v) is 11.3. The van der Waals surface area contributed by atoms with E-state index in [9.17, 15) is 32.3 Å². The Hall–Kier alpha value is -2.94. The smallest absolute Gasteiger partial charge is 0.359 e. The molecule has 12 heteroatoms. The summed E-state index contributed by atoms with van der Waals surface area (Å²) in [4.78, 5) is 45.6. The largest absolute Gasteiger partial charge is 0.412 e. The maximum Gasteiger partial charge on any atom is 0.412 e. The minimum Gasteiger partial charge on any atom is -0.359 e. The Morgan fingerprint density at radius 2 is 1.75 bits per heavy atom. The molecule has 2 heterocycles. The summed E-state index contributed by atoms with van der Waals surface area (Å²) in [7, 11) is 3.40. The number of likely N-dealkylation sites (N-methyl/N-ethyl adjacent to an activating group) is 1. The highest BCUT2D eigenvalue weighted by atomic mass is 19.4. The molecule has 2 unspecified atom stereocenters. The average Bonchev–Trinajstić information content (AvgIpc) is 3.40. The molecule has 9 nitrogen and oxygen atoms in total. The number of unbranched alkanes of at least 4 members (excludes halogenated alkanes) is 3. The van der Waals surface area contributed by atoms with Crippen LogP contribution < -0.4 is 16.0 Å². The number of allylic oxidation sites excluding steroid dienone is 1. The summed E-state index contributed by atoms with van der Waals surface area (Å²) in [6, 6.07) is 0.374. The van der Waals surface area contributed by atoms with Gasteiger partial charge in [-0.05, 0) is 71.9 Å². The van der Waals surface area contributed by atoms with Gasteiger partial charge < -0.3 is 20.7 Å². The molecule has 0 spiro atoms. The van der Waals surface area contributed by atoms with E-state index in [4.69, 9.17) is 5.26 Å². The first-order valence-corrected chi connectivity index (χ1v) is 15.6. The van der Waals surface area contributed by atoms with E-state index in [0.717, 1.165) is 64.3 Å². The zero-order valence-corrected chi connectivity index (χ0v) is 28.0. The molecule has 0 saturated carbocycles. The summed E-state index contributed by atoms with van der Waals surface area (Å²) in [5.41, 5.74) is -0.872. The lowest BCUT2D eigenvalue weighted by molar-refractivity contribution is -0.126. The van der Waals surface area contributed by atoms with Crippen molar-refractivity contribution in [3.05, 3.63) is 12.2 Å². The second-order valence-electron chi connectivity index (χ2n) is 11.3. The minimum atomic E-state index is -4.40. The summed E-state index contributed by atoms with van der Waals surface area (Å²) < 4.78 is 35.8. The van der Waals surface area contributed by atoms with Gasteiger partial charge in [0.25, 0.3) is 0 Å². The van der Waals surface area contributed by atoms with Crippen molar-refractivity contribution in [3.63, 3.8) is 0 Å². The Morgan fingerprint density at radius 1 is 1.16 bits per heavy atom. The Labute approximate surface area is 263 Å². The number of nitriles is 1. The van der Waals surface area contributed by atoms with Gasteiger partial charge >= 0.3 is 6.18 Å². The van der Waals surface area contributed by atoms with Crippen LogP contribution in [0.3, 0.4) is 0 Å². The molecular formula is C32H58F3N5O4. The standard InChI is InChI=1S/C11H19NO2.C9H18N2O.C8H12F3NO.C3H8.CHN/c13-8-4-2-1-3-5-10-6-7-12-11(14)9-10;1-7(2)10-9(12)8-5-4-6-11(8)3;1-5(7(13)12-3)4-6(2)8(9,10)11;1-3-2;1-2/h8,10H,1-7,9H2,(H,12,14);7-8H,4-6H2,1-3H3,(H,10,12);5H,2,4H2,1,3H3,(H,12,13);3H2,1-2H3;1H/t10-;;;;/m0..../s1. The predicted molar refractivity (Wildman–Crippen MR) is 169 cm³/mol. The number of carbonyl (C=O) groups excluding carboxylic acids is 4. The van der Waals surface area contributed by atoms with Crippen molar-refractivity contribution >= 4 is 24.0 Å². The van der Waals surface area contributed by atoms with Gasteiger partial charge in [-0.2, -0.15) is 13.2 Å². The van der Waals surface area contributed by atoms with Crippen LogP contribution in [0.4, 0.5) is 13.2 Å². The van der Waals surface area contributed by atoms with Gasteiger partial charge in [-0.1, -0.05) is 46.6 Å². The summed E-state index contributed by atoms with van der Waals surface area (Å²) in [6.45, 7) is 17.9. The fourth-order valence-corrected chi connectivity index (χ4v) is 4.38. The predicted octanol–water partition coefficient (Wildman–Crippen LogP) is 5.70. The number of hydrogen-bond donors (Lipinski definition) is 3. The quantitative estimate of drug-likeness (QED) is 0.152. The van der Waals surface area contributed by atoms with Gasteiger partial charge in [0.05, 0.1) is 6.04 Å². The molecule has 2 aliphatic heterocycles. The number of nitrogens with zero attached hydrogens (tertiary/aromatic N) is 2. The number of piperidine rings is 1.